The van der Waals surface area contributed by atoms with Crippen LogP contribution in [0.5, 0.6) is 5.75 Å². The zero-order chi connectivity index (χ0) is 22.0. The molecule has 2 aromatic heterocycles. The Kier molecular flexibility index (Phi) is 9.61. The molecule has 1 N–H and O–H groups in total. The first-order chi connectivity index (χ1) is 14.9. The van der Waals surface area contributed by atoms with Crippen molar-refractivity contribution in [1.82, 2.24) is 19.9 Å². The summed E-state index contributed by atoms with van der Waals surface area (Å²) in [6.45, 7) is 5.74. The van der Waals surface area contributed by atoms with Crippen LogP contribution in [0.15, 0.2) is 47.1 Å². The number of aromatic nitrogens is 3. The number of hydrogen-bond donors (Lipinski definition) is 1. The number of nitrogens with zero attached hydrogens (tertiary/aromatic N) is 3. The number of ether oxygens (including phenoxy) is 1. The van der Waals surface area contributed by atoms with Crippen molar-refractivity contribution in [3.05, 3.63) is 64.7 Å². The van der Waals surface area contributed by atoms with Gasteiger partial charge in [-0.05, 0) is 55.9 Å². The lowest BCUT2D eigenvalue weighted by Gasteiger charge is -2.12. The van der Waals surface area contributed by atoms with Crippen LogP contribution in [0.3, 0.4) is 0 Å². The summed E-state index contributed by atoms with van der Waals surface area (Å²) in [5, 5.41) is 0.657. The number of H-pyrrole nitrogens is 1. The van der Waals surface area contributed by atoms with E-state index in [-0.39, 0.29) is 24.8 Å². The second kappa shape index (κ2) is 11.7. The van der Waals surface area contributed by atoms with Gasteiger partial charge in [0, 0.05) is 17.1 Å². The molecule has 33 heavy (non-hydrogen) atoms. The summed E-state index contributed by atoms with van der Waals surface area (Å²) in [6.07, 6.45) is 2.12. The number of imidazole rings is 1. The van der Waals surface area contributed by atoms with Crippen LogP contribution in [0.4, 0.5) is 0 Å². The Bertz CT molecular complexity index is 1190. The van der Waals surface area contributed by atoms with Crippen molar-refractivity contribution >= 4 is 47.4 Å². The molecule has 9 heteroatoms. The first kappa shape index (κ1) is 27.0. The van der Waals surface area contributed by atoms with Crippen LogP contribution in [0, 0.1) is 5.92 Å². The molecule has 0 saturated carbocycles. The van der Waals surface area contributed by atoms with E-state index in [9.17, 15) is 0 Å². The zero-order valence-corrected chi connectivity index (χ0v) is 21.5. The summed E-state index contributed by atoms with van der Waals surface area (Å²) in [5.41, 5.74) is 4.72. The molecule has 0 bridgehead atoms. The van der Waals surface area contributed by atoms with E-state index in [1.54, 1.807) is 6.26 Å². The average Bonchev–Trinajstić information content (AvgIpc) is 3.33. The predicted octanol–water partition coefficient (Wildman–Crippen LogP) is 6.40. The van der Waals surface area contributed by atoms with Gasteiger partial charge in [0.1, 0.15) is 17.7 Å². The molecule has 4 rings (SSSR count). The highest BCUT2D eigenvalue weighted by atomic mass is 35.5. The Balaban J connectivity index is 0.00000193. The SMILES string of the molecule is CC(C)COc1ccc(Cl)cc1Cc1nc(-c2nc3cc(CN(C)C)ccc3[nH]2)co1.Cl.Cl. The molecule has 0 radical (unpaired) electrons. The number of fused-ring (bicyclic) bond motifs is 1. The summed E-state index contributed by atoms with van der Waals surface area (Å²) in [7, 11) is 4.10. The zero-order valence-electron chi connectivity index (χ0n) is 19.1. The second-order valence-electron chi connectivity index (χ2n) is 8.43. The fourth-order valence-electron chi connectivity index (χ4n) is 3.38. The molecule has 178 valence electrons. The normalized spacial score (nSPS) is 11.0. The highest BCUT2D eigenvalue weighted by Gasteiger charge is 2.14. The molecule has 0 fully saturated rings. The van der Waals surface area contributed by atoms with Crippen LogP contribution in [0.2, 0.25) is 5.02 Å². The quantitative estimate of drug-likeness (QED) is 0.296. The number of hydrogen-bond acceptors (Lipinski definition) is 5. The maximum Gasteiger partial charge on any atom is 0.199 e. The van der Waals surface area contributed by atoms with Crippen molar-refractivity contribution < 1.29 is 9.15 Å². The molecule has 0 amide bonds. The summed E-state index contributed by atoms with van der Waals surface area (Å²) in [5.74, 6) is 2.51. The van der Waals surface area contributed by atoms with Crippen molar-refractivity contribution in [2.24, 2.45) is 5.92 Å². The fourth-order valence-corrected chi connectivity index (χ4v) is 3.58. The first-order valence-electron chi connectivity index (χ1n) is 10.4. The molecular weight excluding hydrogens is 483 g/mol. The third-order valence-corrected chi connectivity index (χ3v) is 5.01. The van der Waals surface area contributed by atoms with Gasteiger partial charge in [0.2, 0.25) is 0 Å². The van der Waals surface area contributed by atoms with Crippen molar-refractivity contribution in [1.29, 1.82) is 0 Å². The van der Waals surface area contributed by atoms with Gasteiger partial charge in [-0.15, -0.1) is 24.8 Å². The van der Waals surface area contributed by atoms with Crippen LogP contribution in [-0.4, -0.2) is 40.6 Å². The lowest BCUT2D eigenvalue weighted by Crippen LogP contribution is -2.10. The molecule has 0 unspecified atom stereocenters. The topological polar surface area (TPSA) is 67.2 Å². The van der Waals surface area contributed by atoms with Crippen molar-refractivity contribution in [3.8, 4) is 17.3 Å². The van der Waals surface area contributed by atoms with E-state index in [1.807, 2.05) is 18.2 Å². The minimum Gasteiger partial charge on any atom is -0.493 e. The van der Waals surface area contributed by atoms with Gasteiger partial charge in [0.05, 0.1) is 24.1 Å². The largest absolute Gasteiger partial charge is 0.493 e. The number of rotatable bonds is 8. The van der Waals surface area contributed by atoms with Crippen LogP contribution in [0.25, 0.3) is 22.6 Å². The van der Waals surface area contributed by atoms with E-state index in [2.05, 4.69) is 61.0 Å². The van der Waals surface area contributed by atoms with Crippen molar-refractivity contribution in [3.63, 3.8) is 0 Å². The molecule has 4 aromatic rings. The molecule has 0 aliphatic rings. The Hall–Kier alpha value is -2.25. The van der Waals surface area contributed by atoms with Crippen molar-refractivity contribution in [2.75, 3.05) is 20.7 Å². The maximum absolute atomic E-state index is 6.21. The maximum atomic E-state index is 6.21. The minimum absolute atomic E-state index is 0. The van der Waals surface area contributed by atoms with Gasteiger partial charge in [-0.3, -0.25) is 0 Å². The standard InChI is InChI=1S/C24H27ClN4O2.2ClH/c1-15(2)13-30-22-8-6-18(25)10-17(22)11-23-26-21(14-31-23)24-27-19-7-5-16(12-29(3)4)9-20(19)28-24;;/h5-10,14-15H,11-13H2,1-4H3,(H,27,28);2*1H. The highest BCUT2D eigenvalue weighted by Crippen LogP contribution is 2.27. The number of benzene rings is 2. The van der Waals surface area contributed by atoms with Gasteiger partial charge in [-0.25, -0.2) is 9.97 Å². The second-order valence-corrected chi connectivity index (χ2v) is 8.87. The monoisotopic (exact) mass is 510 g/mol. The Morgan fingerprint density at radius 2 is 1.88 bits per heavy atom. The summed E-state index contributed by atoms with van der Waals surface area (Å²) >= 11 is 6.21. The van der Waals surface area contributed by atoms with Crippen LogP contribution < -0.4 is 4.74 Å². The van der Waals surface area contributed by atoms with Gasteiger partial charge in [0.25, 0.3) is 0 Å². The Morgan fingerprint density at radius 1 is 1.09 bits per heavy atom. The van der Waals surface area contributed by atoms with Gasteiger partial charge >= 0.3 is 0 Å². The molecule has 0 saturated heterocycles. The molecule has 2 heterocycles. The van der Waals surface area contributed by atoms with Gasteiger partial charge < -0.3 is 19.0 Å². The van der Waals surface area contributed by atoms with Gasteiger partial charge in [-0.1, -0.05) is 31.5 Å². The number of oxazole rings is 1. The molecule has 0 spiro atoms. The van der Waals surface area contributed by atoms with Gasteiger partial charge in [0.15, 0.2) is 11.7 Å². The number of nitrogens with one attached hydrogen (secondary N) is 1. The number of halogens is 3. The summed E-state index contributed by atoms with van der Waals surface area (Å²) in [6, 6.07) is 11.9. The van der Waals surface area contributed by atoms with E-state index in [4.69, 9.17) is 25.7 Å². The minimum atomic E-state index is 0. The summed E-state index contributed by atoms with van der Waals surface area (Å²) < 4.78 is 11.7. The van der Waals surface area contributed by atoms with Crippen molar-refractivity contribution in [2.45, 2.75) is 26.8 Å². The number of aromatic amines is 1. The molecule has 6 nitrogen and oxygen atoms in total. The van der Waals surface area contributed by atoms with E-state index in [0.717, 1.165) is 28.9 Å². The highest BCUT2D eigenvalue weighted by molar-refractivity contribution is 6.30. The lowest BCUT2D eigenvalue weighted by molar-refractivity contribution is 0.268. The first-order valence-corrected chi connectivity index (χ1v) is 10.7. The smallest absolute Gasteiger partial charge is 0.199 e. The molecule has 0 aliphatic heterocycles. The van der Waals surface area contributed by atoms with E-state index in [0.29, 0.717) is 41.4 Å². The van der Waals surface area contributed by atoms with Crippen LogP contribution >= 0.6 is 36.4 Å². The summed E-state index contributed by atoms with van der Waals surface area (Å²) in [4.78, 5) is 14.8. The fraction of sp³-hybridized carbons (Fsp3) is 0.333. The molecular formula is C24H29Cl3N4O2. The Morgan fingerprint density at radius 3 is 2.61 bits per heavy atom. The Labute approximate surface area is 211 Å². The van der Waals surface area contributed by atoms with Crippen LogP contribution in [0.1, 0.15) is 30.9 Å². The van der Waals surface area contributed by atoms with E-state index < -0.39 is 0 Å². The van der Waals surface area contributed by atoms with E-state index in [1.165, 1.54) is 5.56 Å². The van der Waals surface area contributed by atoms with Crippen LogP contribution in [-0.2, 0) is 13.0 Å². The average molecular weight is 512 g/mol. The molecule has 0 atom stereocenters. The third kappa shape index (κ3) is 6.87. The van der Waals surface area contributed by atoms with Gasteiger partial charge in [-0.2, -0.15) is 0 Å². The molecule has 0 aliphatic carbocycles. The third-order valence-electron chi connectivity index (χ3n) is 4.78. The predicted molar refractivity (Wildman–Crippen MR) is 138 cm³/mol. The van der Waals surface area contributed by atoms with E-state index >= 15 is 0 Å². The molecule has 2 aromatic carbocycles. The lowest BCUT2D eigenvalue weighted by atomic mass is 10.1.